The third kappa shape index (κ3) is 3.26. The van der Waals surface area contributed by atoms with E-state index < -0.39 is 5.82 Å². The molecule has 3 rings (SSSR count). The molecular formula is C15H10FN3O2S. The normalized spacial score (nSPS) is 10.2. The Morgan fingerprint density at radius 2 is 1.95 bits per heavy atom. The molecule has 3 aromatic rings. The van der Waals surface area contributed by atoms with Gasteiger partial charge in [-0.25, -0.2) is 14.4 Å². The molecule has 0 aliphatic rings. The van der Waals surface area contributed by atoms with E-state index in [1.165, 1.54) is 35.9 Å². The maximum Gasteiger partial charge on any atom is 0.322 e. The highest BCUT2D eigenvalue weighted by atomic mass is 32.1. The zero-order valence-corrected chi connectivity index (χ0v) is 12.0. The Bertz CT molecular complexity index is 776. The summed E-state index contributed by atoms with van der Waals surface area (Å²) in [5.74, 6) is -0.703. The van der Waals surface area contributed by atoms with Gasteiger partial charge in [-0.15, -0.1) is 0 Å². The van der Waals surface area contributed by atoms with E-state index in [0.29, 0.717) is 11.3 Å². The number of nitrogens with zero attached hydrogens (tertiary/aromatic N) is 2. The average molecular weight is 315 g/mol. The zero-order valence-electron chi connectivity index (χ0n) is 11.2. The van der Waals surface area contributed by atoms with Crippen molar-refractivity contribution in [2.45, 2.75) is 0 Å². The second-order valence-corrected chi connectivity index (χ2v) is 5.03. The van der Waals surface area contributed by atoms with Gasteiger partial charge in [0.05, 0.1) is 23.6 Å². The summed E-state index contributed by atoms with van der Waals surface area (Å²) in [7, 11) is 0. The Balaban J connectivity index is 1.68. The van der Waals surface area contributed by atoms with Crippen LogP contribution in [0.25, 0.3) is 0 Å². The number of ether oxygens (including phenoxy) is 1. The van der Waals surface area contributed by atoms with Crippen molar-refractivity contribution in [2.75, 3.05) is 5.32 Å². The van der Waals surface area contributed by atoms with Crippen LogP contribution in [-0.4, -0.2) is 15.9 Å². The fourth-order valence-corrected chi connectivity index (χ4v) is 2.29. The molecule has 1 N–H and O–H groups in total. The molecule has 110 valence electrons. The molecule has 0 bridgehead atoms. The summed E-state index contributed by atoms with van der Waals surface area (Å²) in [6.07, 6.45) is 2.79. The van der Waals surface area contributed by atoms with Crippen LogP contribution in [-0.2, 0) is 0 Å². The topological polar surface area (TPSA) is 64.1 Å². The number of hydrogen-bond acceptors (Lipinski definition) is 5. The van der Waals surface area contributed by atoms with Crippen molar-refractivity contribution >= 4 is 22.9 Å². The van der Waals surface area contributed by atoms with Gasteiger partial charge < -0.3 is 10.1 Å². The van der Waals surface area contributed by atoms with Crippen LogP contribution in [0.3, 0.4) is 0 Å². The minimum absolute atomic E-state index is 0.00127. The Morgan fingerprint density at radius 3 is 2.64 bits per heavy atom. The van der Waals surface area contributed by atoms with Crippen LogP contribution in [0.5, 0.6) is 11.8 Å². The molecule has 0 saturated carbocycles. The highest BCUT2D eigenvalue weighted by Crippen LogP contribution is 2.21. The number of carbonyl (C=O) groups excluding carboxylic acids is 1. The van der Waals surface area contributed by atoms with E-state index in [0.717, 1.165) is 0 Å². The van der Waals surface area contributed by atoms with Crippen molar-refractivity contribution in [3.8, 4) is 11.8 Å². The number of halogens is 1. The molecule has 0 aliphatic carbocycles. The van der Waals surface area contributed by atoms with Gasteiger partial charge >= 0.3 is 6.01 Å². The number of para-hydroxylation sites is 1. The number of benzene rings is 1. The van der Waals surface area contributed by atoms with E-state index >= 15 is 0 Å². The maximum absolute atomic E-state index is 13.4. The predicted octanol–water partition coefficient (Wildman–Crippen LogP) is 3.72. The number of thiophene rings is 1. The Kier molecular flexibility index (Phi) is 4.06. The molecule has 7 heteroatoms. The number of rotatable bonds is 4. The third-order valence-corrected chi connectivity index (χ3v) is 3.39. The summed E-state index contributed by atoms with van der Waals surface area (Å²) in [6, 6.07) is 7.69. The van der Waals surface area contributed by atoms with Crippen LogP contribution in [0.15, 0.2) is 53.5 Å². The monoisotopic (exact) mass is 315 g/mol. The van der Waals surface area contributed by atoms with Gasteiger partial charge in [0, 0.05) is 5.38 Å². The van der Waals surface area contributed by atoms with Crippen molar-refractivity contribution < 1.29 is 13.9 Å². The highest BCUT2D eigenvalue weighted by molar-refractivity contribution is 7.08. The van der Waals surface area contributed by atoms with Crippen molar-refractivity contribution in [2.24, 2.45) is 0 Å². The van der Waals surface area contributed by atoms with Crippen molar-refractivity contribution in [1.29, 1.82) is 0 Å². The van der Waals surface area contributed by atoms with Crippen LogP contribution in [0.2, 0.25) is 0 Å². The molecule has 0 radical (unpaired) electrons. The number of amides is 1. The number of hydrogen-bond donors (Lipinski definition) is 1. The Labute approximate surface area is 129 Å². The molecule has 2 heterocycles. The Hall–Kier alpha value is -2.80. The molecule has 1 aromatic carbocycles. The fraction of sp³-hybridized carbons (Fsp3) is 0. The largest absolute Gasteiger partial charge is 0.421 e. The molecule has 2 aromatic heterocycles. The van der Waals surface area contributed by atoms with Crippen LogP contribution in [0.4, 0.5) is 10.1 Å². The lowest BCUT2D eigenvalue weighted by Gasteiger charge is -2.06. The summed E-state index contributed by atoms with van der Waals surface area (Å²) >= 11 is 1.44. The van der Waals surface area contributed by atoms with E-state index in [4.69, 9.17) is 4.74 Å². The lowest BCUT2D eigenvalue weighted by atomic mass is 10.3. The number of aromatic nitrogens is 2. The maximum atomic E-state index is 13.4. The van der Waals surface area contributed by atoms with Gasteiger partial charge in [0.2, 0.25) is 0 Å². The van der Waals surface area contributed by atoms with Gasteiger partial charge in [0.1, 0.15) is 0 Å². The molecule has 22 heavy (non-hydrogen) atoms. The minimum atomic E-state index is -0.499. The lowest BCUT2D eigenvalue weighted by Crippen LogP contribution is -2.11. The van der Waals surface area contributed by atoms with E-state index in [1.54, 1.807) is 23.6 Å². The summed E-state index contributed by atoms with van der Waals surface area (Å²) < 4.78 is 18.7. The molecule has 0 unspecified atom stereocenters. The molecular weight excluding hydrogens is 305 g/mol. The third-order valence-electron chi connectivity index (χ3n) is 2.71. The van der Waals surface area contributed by atoms with Gasteiger partial charge in [-0.1, -0.05) is 12.1 Å². The fourth-order valence-electron chi connectivity index (χ4n) is 1.66. The SMILES string of the molecule is O=C(Nc1cnc(Oc2ccccc2F)nc1)c1ccsc1. The van der Waals surface area contributed by atoms with Gasteiger partial charge in [0.25, 0.3) is 5.91 Å². The average Bonchev–Trinajstić information content (AvgIpc) is 3.06. The van der Waals surface area contributed by atoms with Gasteiger partial charge in [-0.2, -0.15) is 11.3 Å². The van der Waals surface area contributed by atoms with E-state index in [2.05, 4.69) is 15.3 Å². The number of anilines is 1. The molecule has 0 saturated heterocycles. The summed E-state index contributed by atoms with van der Waals surface area (Å²) in [4.78, 5) is 19.7. The molecule has 0 atom stereocenters. The molecule has 0 aliphatic heterocycles. The summed E-state index contributed by atoms with van der Waals surface area (Å²) in [5.41, 5.74) is 0.994. The van der Waals surface area contributed by atoms with Crippen LogP contribution in [0.1, 0.15) is 10.4 Å². The van der Waals surface area contributed by atoms with Crippen molar-refractivity contribution in [3.63, 3.8) is 0 Å². The molecule has 1 amide bonds. The van der Waals surface area contributed by atoms with Crippen LogP contribution >= 0.6 is 11.3 Å². The second-order valence-electron chi connectivity index (χ2n) is 4.25. The first-order chi connectivity index (χ1) is 10.7. The van der Waals surface area contributed by atoms with Crippen LogP contribution < -0.4 is 10.1 Å². The van der Waals surface area contributed by atoms with Gasteiger partial charge in [-0.3, -0.25) is 4.79 Å². The van der Waals surface area contributed by atoms with E-state index in [1.807, 2.05) is 5.38 Å². The van der Waals surface area contributed by atoms with Gasteiger partial charge in [0.15, 0.2) is 11.6 Å². The summed E-state index contributed by atoms with van der Waals surface area (Å²) in [6.45, 7) is 0. The first-order valence-electron chi connectivity index (χ1n) is 6.30. The number of nitrogens with one attached hydrogen (secondary N) is 1. The standard InChI is InChI=1S/C15H10FN3O2S/c16-12-3-1-2-4-13(12)21-15-17-7-11(8-18-15)19-14(20)10-5-6-22-9-10/h1-9H,(H,19,20). The van der Waals surface area contributed by atoms with E-state index in [9.17, 15) is 9.18 Å². The first-order valence-corrected chi connectivity index (χ1v) is 7.24. The van der Waals surface area contributed by atoms with E-state index in [-0.39, 0.29) is 17.7 Å². The zero-order chi connectivity index (χ0) is 15.4. The smallest absolute Gasteiger partial charge is 0.322 e. The van der Waals surface area contributed by atoms with Crippen LogP contribution in [0, 0.1) is 5.82 Å². The lowest BCUT2D eigenvalue weighted by molar-refractivity contribution is 0.102. The number of carbonyl (C=O) groups is 1. The highest BCUT2D eigenvalue weighted by Gasteiger charge is 2.08. The molecule has 5 nitrogen and oxygen atoms in total. The summed E-state index contributed by atoms with van der Waals surface area (Å²) in [5, 5.41) is 6.22. The predicted molar refractivity (Wildman–Crippen MR) is 80.8 cm³/mol. The van der Waals surface area contributed by atoms with Gasteiger partial charge in [-0.05, 0) is 23.6 Å². The van der Waals surface area contributed by atoms with Crippen molar-refractivity contribution in [3.05, 3.63) is 64.9 Å². The van der Waals surface area contributed by atoms with Crippen molar-refractivity contribution in [1.82, 2.24) is 9.97 Å². The first kappa shape index (κ1) is 14.2. The minimum Gasteiger partial charge on any atom is -0.421 e. The second kappa shape index (κ2) is 6.31. The quantitative estimate of drug-likeness (QED) is 0.797. The Morgan fingerprint density at radius 1 is 1.18 bits per heavy atom. The molecule has 0 spiro atoms. The molecule has 0 fully saturated rings.